The molecule has 0 fully saturated rings. The van der Waals surface area contributed by atoms with Crippen molar-refractivity contribution in [1.82, 2.24) is 30.6 Å². The summed E-state index contributed by atoms with van der Waals surface area (Å²) in [4.78, 5) is 9.79. The second-order valence-corrected chi connectivity index (χ2v) is 7.39. The fourth-order valence-electron chi connectivity index (χ4n) is 2.56. The molecule has 0 saturated carbocycles. The van der Waals surface area contributed by atoms with E-state index in [0.717, 1.165) is 16.2 Å². The number of hydrogen-bond acceptors (Lipinski definition) is 9. The number of nitrogens with zero attached hydrogens (tertiary/aromatic N) is 5. The molecule has 11 heteroatoms. The van der Waals surface area contributed by atoms with Crippen molar-refractivity contribution in [2.24, 2.45) is 0 Å². The number of thioether (sulfide) groups is 1. The van der Waals surface area contributed by atoms with E-state index in [1.807, 2.05) is 12.1 Å². The molecule has 0 saturated heterocycles. The van der Waals surface area contributed by atoms with Crippen LogP contribution in [0.5, 0.6) is 11.5 Å². The zero-order chi connectivity index (χ0) is 21.5. The third-order valence-electron chi connectivity index (χ3n) is 4.05. The highest BCUT2D eigenvalue weighted by molar-refractivity contribution is 7.99. The molecule has 9 nitrogen and oxygen atoms in total. The highest BCUT2D eigenvalue weighted by Gasteiger charge is 2.11. The largest absolute Gasteiger partial charge is 0.453 e. The van der Waals surface area contributed by atoms with Crippen molar-refractivity contribution in [1.29, 1.82) is 0 Å². The number of methoxy groups -OCH3 is 1. The average molecular weight is 439 g/mol. The summed E-state index contributed by atoms with van der Waals surface area (Å²) in [6.45, 7) is 0.621. The van der Waals surface area contributed by atoms with Crippen molar-refractivity contribution < 1.29 is 13.9 Å². The Morgan fingerprint density at radius 3 is 2.68 bits per heavy atom. The average Bonchev–Trinajstić information content (AvgIpc) is 3.33. The second kappa shape index (κ2) is 9.96. The molecule has 0 spiro atoms. The Kier molecular flexibility index (Phi) is 6.65. The van der Waals surface area contributed by atoms with Gasteiger partial charge in [-0.2, -0.15) is 0 Å². The van der Waals surface area contributed by atoms with E-state index in [-0.39, 0.29) is 5.82 Å². The highest BCUT2D eigenvalue weighted by Crippen LogP contribution is 2.33. The van der Waals surface area contributed by atoms with Gasteiger partial charge in [-0.05, 0) is 52.9 Å². The van der Waals surface area contributed by atoms with Crippen LogP contribution in [0.4, 0.5) is 16.0 Å². The minimum atomic E-state index is -0.334. The molecule has 0 aliphatic rings. The van der Waals surface area contributed by atoms with Crippen LogP contribution in [-0.2, 0) is 4.74 Å². The molecule has 0 aliphatic carbocycles. The normalized spacial score (nSPS) is 10.8. The van der Waals surface area contributed by atoms with Gasteiger partial charge in [0.05, 0.1) is 6.61 Å². The van der Waals surface area contributed by atoms with Crippen LogP contribution >= 0.6 is 11.8 Å². The molecule has 0 unspecified atom stereocenters. The smallest absolute Gasteiger partial charge is 0.180 e. The molecule has 0 atom stereocenters. The fourth-order valence-corrected chi connectivity index (χ4v) is 3.36. The van der Waals surface area contributed by atoms with Gasteiger partial charge >= 0.3 is 0 Å². The molecule has 0 aliphatic heterocycles. The minimum absolute atomic E-state index is 0.334. The van der Waals surface area contributed by atoms with Crippen LogP contribution in [0.3, 0.4) is 0 Å². The molecule has 0 amide bonds. The summed E-state index contributed by atoms with van der Waals surface area (Å²) < 4.78 is 24.3. The van der Waals surface area contributed by atoms with Crippen LogP contribution in [0.1, 0.15) is 0 Å². The predicted molar refractivity (Wildman–Crippen MR) is 114 cm³/mol. The van der Waals surface area contributed by atoms with Crippen LogP contribution < -0.4 is 10.1 Å². The van der Waals surface area contributed by atoms with Gasteiger partial charge < -0.3 is 14.8 Å². The topological polar surface area (TPSA) is 111 Å². The number of H-pyrrole nitrogens is 1. The van der Waals surface area contributed by atoms with Gasteiger partial charge in [-0.1, -0.05) is 0 Å². The maximum absolute atomic E-state index is 13.2. The van der Waals surface area contributed by atoms with Gasteiger partial charge in [0.25, 0.3) is 0 Å². The number of pyridine rings is 2. The standard InChI is InChI=1S/C20H18FN7O2S/c1-29-8-9-31-16-10-17(30-15-5-3-14(21)4-6-15)20(23-12-16)24-18-7-2-13(11-22-18)19-25-27-28-26-19/h2-7,10-12H,8-9H2,1H3,(H,22,23,24)(H,25,26,27,28). The fraction of sp³-hybridized carbons (Fsp3) is 0.150. The van der Waals surface area contributed by atoms with Gasteiger partial charge in [0.2, 0.25) is 0 Å². The lowest BCUT2D eigenvalue weighted by Gasteiger charge is -2.13. The van der Waals surface area contributed by atoms with Gasteiger partial charge in [-0.25, -0.2) is 19.5 Å². The third-order valence-corrected chi connectivity index (χ3v) is 4.98. The van der Waals surface area contributed by atoms with Gasteiger partial charge in [-0.3, -0.25) is 0 Å². The molecule has 0 bridgehead atoms. The van der Waals surface area contributed by atoms with E-state index in [4.69, 9.17) is 9.47 Å². The van der Waals surface area contributed by atoms with Crippen molar-refractivity contribution in [2.75, 3.05) is 24.8 Å². The number of halogens is 1. The van der Waals surface area contributed by atoms with Crippen LogP contribution in [-0.4, -0.2) is 50.1 Å². The summed E-state index contributed by atoms with van der Waals surface area (Å²) in [5.74, 6) is 2.98. The van der Waals surface area contributed by atoms with Crippen molar-refractivity contribution in [3.8, 4) is 22.9 Å². The van der Waals surface area contributed by atoms with Crippen molar-refractivity contribution >= 4 is 23.4 Å². The molecule has 0 radical (unpaired) electrons. The summed E-state index contributed by atoms with van der Waals surface area (Å²) in [5, 5.41) is 16.8. The Balaban J connectivity index is 1.56. The first-order chi connectivity index (χ1) is 15.2. The number of benzene rings is 1. The highest BCUT2D eigenvalue weighted by atomic mass is 32.2. The van der Waals surface area contributed by atoms with Crippen LogP contribution in [0.15, 0.2) is 59.8 Å². The SMILES string of the molecule is COCCSc1cnc(Nc2ccc(-c3nnn[nH]3)cn2)c(Oc2ccc(F)cc2)c1. The Morgan fingerprint density at radius 1 is 1.10 bits per heavy atom. The van der Waals surface area contributed by atoms with Gasteiger partial charge in [0, 0.05) is 35.7 Å². The molecule has 1 aromatic carbocycles. The number of aromatic amines is 1. The van der Waals surface area contributed by atoms with E-state index in [1.165, 1.54) is 12.1 Å². The van der Waals surface area contributed by atoms with Gasteiger partial charge in [-0.15, -0.1) is 16.9 Å². The predicted octanol–water partition coefficient (Wildman–Crippen LogP) is 4.07. The summed E-state index contributed by atoms with van der Waals surface area (Å²) in [5.41, 5.74) is 0.746. The third kappa shape index (κ3) is 5.53. The molecule has 3 aromatic heterocycles. The second-order valence-electron chi connectivity index (χ2n) is 6.22. The molecule has 3 heterocycles. The van der Waals surface area contributed by atoms with Crippen molar-refractivity contribution in [2.45, 2.75) is 4.90 Å². The number of nitrogens with one attached hydrogen (secondary N) is 2. The van der Waals surface area contributed by atoms with E-state index in [1.54, 1.807) is 49.5 Å². The zero-order valence-electron chi connectivity index (χ0n) is 16.4. The first-order valence-electron chi connectivity index (χ1n) is 9.23. The lowest BCUT2D eigenvalue weighted by atomic mass is 10.2. The van der Waals surface area contributed by atoms with Gasteiger partial charge in [0.15, 0.2) is 17.4 Å². The Bertz CT molecular complexity index is 1110. The first-order valence-corrected chi connectivity index (χ1v) is 10.2. The minimum Gasteiger partial charge on any atom is -0.453 e. The van der Waals surface area contributed by atoms with E-state index >= 15 is 0 Å². The van der Waals surface area contributed by atoms with Crippen LogP contribution in [0.25, 0.3) is 11.4 Å². The van der Waals surface area contributed by atoms with E-state index in [0.29, 0.717) is 35.6 Å². The van der Waals surface area contributed by atoms with E-state index < -0.39 is 0 Å². The van der Waals surface area contributed by atoms with Crippen LogP contribution in [0.2, 0.25) is 0 Å². The van der Waals surface area contributed by atoms with E-state index in [9.17, 15) is 4.39 Å². The summed E-state index contributed by atoms with van der Waals surface area (Å²) in [7, 11) is 1.66. The lowest BCUT2D eigenvalue weighted by molar-refractivity contribution is 0.218. The monoisotopic (exact) mass is 439 g/mol. The molecule has 4 aromatic rings. The Labute approximate surface area is 181 Å². The number of rotatable bonds is 9. The lowest BCUT2D eigenvalue weighted by Crippen LogP contribution is -2.00. The van der Waals surface area contributed by atoms with E-state index in [2.05, 4.69) is 35.9 Å². The zero-order valence-corrected chi connectivity index (χ0v) is 17.3. The first kappa shape index (κ1) is 20.7. The molecule has 4 rings (SSSR count). The molecule has 31 heavy (non-hydrogen) atoms. The molecular weight excluding hydrogens is 421 g/mol. The maximum Gasteiger partial charge on any atom is 0.180 e. The Hall–Kier alpha value is -3.57. The quantitative estimate of drug-likeness (QED) is 0.294. The summed E-state index contributed by atoms with van der Waals surface area (Å²) in [6, 6.07) is 11.3. The maximum atomic E-state index is 13.2. The van der Waals surface area contributed by atoms with Crippen molar-refractivity contribution in [3.63, 3.8) is 0 Å². The molecule has 2 N–H and O–H groups in total. The number of tetrazole rings is 1. The molecule has 158 valence electrons. The number of hydrogen-bond donors (Lipinski definition) is 2. The summed E-state index contributed by atoms with van der Waals surface area (Å²) in [6.07, 6.45) is 3.38. The number of anilines is 2. The Morgan fingerprint density at radius 2 is 1.97 bits per heavy atom. The van der Waals surface area contributed by atoms with Crippen molar-refractivity contribution in [3.05, 3.63) is 60.7 Å². The summed E-state index contributed by atoms with van der Waals surface area (Å²) >= 11 is 1.59. The molecular formula is C20H18FN7O2S. The number of aromatic nitrogens is 6. The number of ether oxygens (including phenoxy) is 2. The van der Waals surface area contributed by atoms with Gasteiger partial charge in [0.1, 0.15) is 17.4 Å². The van der Waals surface area contributed by atoms with Crippen LogP contribution in [0, 0.1) is 5.82 Å².